The predicted octanol–water partition coefficient (Wildman–Crippen LogP) is 4.07. The quantitative estimate of drug-likeness (QED) is 0.428. The number of rotatable bonds is 6. The van der Waals surface area contributed by atoms with E-state index in [-0.39, 0.29) is 16.6 Å². The molecule has 0 radical (unpaired) electrons. The Hall–Kier alpha value is -2.92. The zero-order chi connectivity index (χ0) is 21.9. The lowest BCUT2D eigenvalue weighted by atomic mass is 10.2. The van der Waals surface area contributed by atoms with Gasteiger partial charge in [-0.25, -0.2) is 4.68 Å². The first kappa shape index (κ1) is 21.8. The third-order valence-electron chi connectivity index (χ3n) is 3.90. The first-order valence-electron chi connectivity index (χ1n) is 8.33. The van der Waals surface area contributed by atoms with E-state index in [2.05, 4.69) is 15.5 Å². The van der Waals surface area contributed by atoms with E-state index in [9.17, 15) is 18.0 Å². The Morgan fingerprint density at radius 2 is 1.93 bits per heavy atom. The largest absolute Gasteiger partial charge is 0.497 e. The number of anilines is 1. The highest BCUT2D eigenvalue weighted by Gasteiger charge is 2.33. The number of nitrogen functional groups attached to an aromatic ring is 1. The van der Waals surface area contributed by atoms with Crippen molar-refractivity contribution in [2.45, 2.75) is 11.3 Å². The number of nitrogens with one attached hydrogen (secondary N) is 1. The van der Waals surface area contributed by atoms with Crippen molar-refractivity contribution < 1.29 is 22.7 Å². The maximum absolute atomic E-state index is 12.9. The van der Waals surface area contributed by atoms with Crippen LogP contribution < -0.4 is 15.9 Å². The van der Waals surface area contributed by atoms with E-state index < -0.39 is 22.7 Å². The van der Waals surface area contributed by atoms with Gasteiger partial charge < -0.3 is 15.9 Å². The van der Waals surface area contributed by atoms with Crippen LogP contribution in [0, 0.1) is 0 Å². The van der Waals surface area contributed by atoms with Crippen molar-refractivity contribution in [1.29, 1.82) is 0 Å². The second-order valence-electron chi connectivity index (χ2n) is 5.93. The van der Waals surface area contributed by atoms with Gasteiger partial charge in [-0.05, 0) is 42.5 Å². The van der Waals surface area contributed by atoms with Crippen molar-refractivity contribution in [3.63, 3.8) is 0 Å². The molecule has 3 aromatic rings. The van der Waals surface area contributed by atoms with Crippen molar-refractivity contribution in [2.75, 3.05) is 24.0 Å². The molecule has 0 unspecified atom stereocenters. The Labute approximate surface area is 178 Å². The molecule has 12 heteroatoms. The third-order valence-corrected chi connectivity index (χ3v) is 5.17. The van der Waals surface area contributed by atoms with Crippen molar-refractivity contribution >= 4 is 35.0 Å². The van der Waals surface area contributed by atoms with E-state index in [0.717, 1.165) is 23.9 Å². The molecule has 0 fully saturated rings. The first-order valence-corrected chi connectivity index (χ1v) is 9.69. The molecule has 0 atom stereocenters. The fourth-order valence-corrected chi connectivity index (χ4v) is 3.34. The smallest absolute Gasteiger partial charge is 0.417 e. The Kier molecular flexibility index (Phi) is 6.42. The normalized spacial score (nSPS) is 11.4. The van der Waals surface area contributed by atoms with E-state index in [4.69, 9.17) is 22.2 Å². The van der Waals surface area contributed by atoms with Crippen molar-refractivity contribution in [1.82, 2.24) is 14.9 Å². The number of halogens is 4. The summed E-state index contributed by atoms with van der Waals surface area (Å²) in [4.78, 5) is 12.1. The fraction of sp³-hybridized carbons (Fsp3) is 0.167. The van der Waals surface area contributed by atoms with Gasteiger partial charge in [-0.3, -0.25) is 4.79 Å². The summed E-state index contributed by atoms with van der Waals surface area (Å²) in [6.45, 7) is 0. The number of ether oxygens (including phenoxy) is 1. The summed E-state index contributed by atoms with van der Waals surface area (Å²) in [5.41, 5.74) is -0.353. The zero-order valence-corrected chi connectivity index (χ0v) is 17.0. The molecule has 0 bridgehead atoms. The molecule has 0 aliphatic carbocycles. The molecule has 2 aromatic carbocycles. The maximum atomic E-state index is 12.9. The molecule has 3 rings (SSSR count). The van der Waals surface area contributed by atoms with Gasteiger partial charge in [0.2, 0.25) is 11.1 Å². The van der Waals surface area contributed by atoms with Crippen LogP contribution in [0.25, 0.3) is 11.4 Å². The number of nitrogens with two attached hydrogens (primary N) is 1. The molecule has 158 valence electrons. The SMILES string of the molecule is COc1ccc(-c2nnc(SCC(=O)Nc3ccc(Cl)c(C(F)(F)F)c3)n2N)cc1. The molecule has 0 saturated carbocycles. The van der Waals surface area contributed by atoms with Gasteiger partial charge in [0.15, 0.2) is 5.82 Å². The number of hydrogen-bond acceptors (Lipinski definition) is 6. The molecule has 0 aliphatic heterocycles. The molecule has 0 spiro atoms. The van der Waals surface area contributed by atoms with Crippen LogP contribution >= 0.6 is 23.4 Å². The van der Waals surface area contributed by atoms with Crippen molar-refractivity contribution in [3.05, 3.63) is 53.1 Å². The highest BCUT2D eigenvalue weighted by atomic mass is 35.5. The number of thioether (sulfide) groups is 1. The van der Waals surface area contributed by atoms with Crippen molar-refractivity contribution in [2.24, 2.45) is 0 Å². The first-order chi connectivity index (χ1) is 14.2. The Bertz CT molecular complexity index is 1060. The lowest BCUT2D eigenvalue weighted by molar-refractivity contribution is -0.137. The van der Waals surface area contributed by atoms with Gasteiger partial charge in [0, 0.05) is 11.3 Å². The van der Waals surface area contributed by atoms with Gasteiger partial charge in [-0.2, -0.15) is 13.2 Å². The Balaban J connectivity index is 1.65. The molecule has 1 aromatic heterocycles. The summed E-state index contributed by atoms with van der Waals surface area (Å²) in [6.07, 6.45) is -4.62. The molecular formula is C18H15ClF3N5O2S. The zero-order valence-electron chi connectivity index (χ0n) is 15.4. The number of hydrogen-bond donors (Lipinski definition) is 2. The minimum absolute atomic E-state index is 0.0227. The molecule has 0 aliphatic rings. The van der Waals surface area contributed by atoms with Crippen LogP contribution in [-0.4, -0.2) is 33.6 Å². The standard InChI is InChI=1S/C18H15ClF3N5O2S/c1-29-12-5-2-10(3-6-12)16-25-26-17(27(16)23)30-9-15(28)24-11-4-7-14(19)13(8-11)18(20,21)22/h2-8H,9,23H2,1H3,(H,24,28). The highest BCUT2D eigenvalue weighted by molar-refractivity contribution is 7.99. The van der Waals surface area contributed by atoms with Crippen LogP contribution in [0.1, 0.15) is 5.56 Å². The van der Waals surface area contributed by atoms with Crippen LogP contribution in [0.4, 0.5) is 18.9 Å². The van der Waals surface area contributed by atoms with Gasteiger partial charge in [-0.1, -0.05) is 23.4 Å². The summed E-state index contributed by atoms with van der Waals surface area (Å²) in [7, 11) is 1.55. The van der Waals surface area contributed by atoms with E-state index in [0.29, 0.717) is 17.1 Å². The molecule has 30 heavy (non-hydrogen) atoms. The second-order valence-corrected chi connectivity index (χ2v) is 7.28. The van der Waals surface area contributed by atoms with Crippen LogP contribution in [0.3, 0.4) is 0 Å². The van der Waals surface area contributed by atoms with Gasteiger partial charge in [-0.15, -0.1) is 10.2 Å². The number of nitrogens with zero attached hydrogens (tertiary/aromatic N) is 3. The second kappa shape index (κ2) is 8.84. The van der Waals surface area contributed by atoms with Crippen molar-refractivity contribution in [3.8, 4) is 17.1 Å². The number of alkyl halides is 3. The minimum Gasteiger partial charge on any atom is -0.497 e. The predicted molar refractivity (Wildman–Crippen MR) is 108 cm³/mol. The number of amides is 1. The summed E-state index contributed by atoms with van der Waals surface area (Å²) < 4.78 is 45.1. The van der Waals surface area contributed by atoms with Gasteiger partial charge in [0.25, 0.3) is 0 Å². The van der Waals surface area contributed by atoms with Gasteiger partial charge in [0.1, 0.15) is 5.75 Å². The highest BCUT2D eigenvalue weighted by Crippen LogP contribution is 2.36. The minimum atomic E-state index is -4.62. The third kappa shape index (κ3) is 4.97. The average molecular weight is 458 g/mol. The van der Waals surface area contributed by atoms with Crippen LogP contribution in [0.5, 0.6) is 5.75 Å². The Morgan fingerprint density at radius 3 is 2.57 bits per heavy atom. The number of methoxy groups -OCH3 is 1. The molecule has 1 amide bonds. The van der Waals surface area contributed by atoms with E-state index in [1.165, 1.54) is 10.7 Å². The van der Waals surface area contributed by atoms with Gasteiger partial charge in [0.05, 0.1) is 23.4 Å². The lowest BCUT2D eigenvalue weighted by Crippen LogP contribution is -2.17. The monoisotopic (exact) mass is 457 g/mol. The van der Waals surface area contributed by atoms with Crippen LogP contribution in [0.15, 0.2) is 47.6 Å². The summed E-state index contributed by atoms with van der Waals surface area (Å²) in [5.74, 6) is 6.38. The van der Waals surface area contributed by atoms with Crippen LogP contribution in [0.2, 0.25) is 5.02 Å². The number of carbonyl (C=O) groups is 1. The van der Waals surface area contributed by atoms with E-state index >= 15 is 0 Å². The molecular weight excluding hydrogens is 443 g/mol. The van der Waals surface area contributed by atoms with E-state index in [1.54, 1.807) is 31.4 Å². The average Bonchev–Trinajstić information content (AvgIpc) is 3.07. The molecule has 7 nitrogen and oxygen atoms in total. The van der Waals surface area contributed by atoms with E-state index in [1.807, 2.05) is 0 Å². The maximum Gasteiger partial charge on any atom is 0.417 e. The number of benzene rings is 2. The molecule has 1 heterocycles. The summed E-state index contributed by atoms with van der Waals surface area (Å²) >= 11 is 6.56. The topological polar surface area (TPSA) is 95.1 Å². The number of carbonyl (C=O) groups excluding carboxylic acids is 1. The molecule has 3 N–H and O–H groups in total. The Morgan fingerprint density at radius 1 is 1.23 bits per heavy atom. The van der Waals surface area contributed by atoms with Crippen LogP contribution in [-0.2, 0) is 11.0 Å². The fourth-order valence-electron chi connectivity index (χ4n) is 2.46. The summed E-state index contributed by atoms with van der Waals surface area (Å²) in [5, 5.41) is 10.2. The van der Waals surface area contributed by atoms with Gasteiger partial charge >= 0.3 is 6.18 Å². The lowest BCUT2D eigenvalue weighted by Gasteiger charge is -2.11. The summed E-state index contributed by atoms with van der Waals surface area (Å²) in [6, 6.07) is 10.1. The number of aromatic nitrogens is 3. The molecule has 0 saturated heterocycles.